The molecule has 0 unspecified atom stereocenters. The number of carbonyl (C=O) groups is 3. The number of amides is 1. The molecule has 1 amide bonds. The van der Waals surface area contributed by atoms with Gasteiger partial charge in [-0.05, 0) is 63.0 Å². The van der Waals surface area contributed by atoms with E-state index in [1.165, 1.54) is 18.4 Å². The Labute approximate surface area is 185 Å². The van der Waals surface area contributed by atoms with Crippen molar-refractivity contribution in [3.05, 3.63) is 39.8 Å². The third kappa shape index (κ3) is 3.65. The average Bonchev–Trinajstić information content (AvgIpc) is 3.42. The molecule has 1 heterocycles. The van der Waals surface area contributed by atoms with E-state index in [2.05, 4.69) is 5.32 Å². The number of aliphatic carboxylic acids is 1. The summed E-state index contributed by atoms with van der Waals surface area (Å²) in [4.78, 5) is 38.6. The molecule has 2 aliphatic carbocycles. The van der Waals surface area contributed by atoms with E-state index >= 15 is 0 Å². The van der Waals surface area contributed by atoms with Crippen LogP contribution in [-0.4, -0.2) is 25.0 Å². The maximum absolute atomic E-state index is 13.2. The second-order valence-electron chi connectivity index (χ2n) is 8.74. The first-order valence-electron chi connectivity index (χ1n) is 10.5. The highest BCUT2D eigenvalue weighted by Gasteiger charge is 2.51. The van der Waals surface area contributed by atoms with Crippen molar-refractivity contribution in [2.24, 2.45) is 23.7 Å². The highest BCUT2D eigenvalue weighted by molar-refractivity contribution is 7.17. The first-order valence-corrected chi connectivity index (χ1v) is 11.4. The first-order chi connectivity index (χ1) is 14.7. The van der Waals surface area contributed by atoms with E-state index in [0.29, 0.717) is 10.6 Å². The van der Waals surface area contributed by atoms with E-state index < -0.39 is 23.8 Å². The van der Waals surface area contributed by atoms with Crippen molar-refractivity contribution < 1.29 is 24.2 Å². The van der Waals surface area contributed by atoms with Crippen LogP contribution >= 0.6 is 11.3 Å². The van der Waals surface area contributed by atoms with Gasteiger partial charge in [0.2, 0.25) is 5.91 Å². The molecule has 7 heteroatoms. The van der Waals surface area contributed by atoms with Gasteiger partial charge in [-0.3, -0.25) is 4.79 Å². The second-order valence-corrected chi connectivity index (χ2v) is 9.97. The van der Waals surface area contributed by atoms with Crippen molar-refractivity contribution in [2.75, 3.05) is 12.4 Å². The molecule has 164 valence electrons. The van der Waals surface area contributed by atoms with Crippen LogP contribution in [0, 0.1) is 44.4 Å². The Balaban J connectivity index is 1.74. The summed E-state index contributed by atoms with van der Waals surface area (Å²) in [5.41, 5.74) is 4.06. The number of hydrogen-bond donors (Lipinski definition) is 1. The van der Waals surface area contributed by atoms with Crippen molar-refractivity contribution >= 4 is 34.2 Å². The summed E-state index contributed by atoms with van der Waals surface area (Å²) in [7, 11) is 1.32. The van der Waals surface area contributed by atoms with E-state index in [9.17, 15) is 19.5 Å². The van der Waals surface area contributed by atoms with E-state index in [4.69, 9.17) is 4.74 Å². The standard InChI is InChI=1S/C24H27NO5S/c1-11-5-6-12(2)16(9-11)17-13(3)31-22(20(17)24(29)30-4)25-21(26)18-14-7-8-15(10-14)19(18)23(27)28/h5-6,9,14-15,18-19H,7-8,10H2,1-4H3,(H,25,26)(H,27,28)/p-1/t14-,15+,18+,19+/m1/s1. The summed E-state index contributed by atoms with van der Waals surface area (Å²) in [5, 5.41) is 15.0. The maximum Gasteiger partial charge on any atom is 0.341 e. The van der Waals surface area contributed by atoms with E-state index in [1.807, 2.05) is 39.0 Å². The van der Waals surface area contributed by atoms with Crippen LogP contribution in [0.25, 0.3) is 11.1 Å². The third-order valence-corrected chi connectivity index (χ3v) is 7.88. The van der Waals surface area contributed by atoms with Crippen LogP contribution in [0.15, 0.2) is 18.2 Å². The molecule has 2 aromatic rings. The minimum atomic E-state index is -1.15. The minimum Gasteiger partial charge on any atom is -0.550 e. The number of ether oxygens (including phenoxy) is 1. The molecule has 1 aromatic heterocycles. The molecule has 0 spiro atoms. The number of fused-ring (bicyclic) bond motifs is 2. The molecule has 1 N–H and O–H groups in total. The molecule has 4 atom stereocenters. The quantitative estimate of drug-likeness (QED) is 0.718. The largest absolute Gasteiger partial charge is 0.550 e. The van der Waals surface area contributed by atoms with Crippen molar-refractivity contribution in [1.29, 1.82) is 0 Å². The average molecular weight is 441 g/mol. The molecule has 4 rings (SSSR count). The number of rotatable bonds is 5. The number of carboxylic acids is 1. The molecule has 2 saturated carbocycles. The Morgan fingerprint density at radius 1 is 1.10 bits per heavy atom. The van der Waals surface area contributed by atoms with E-state index in [0.717, 1.165) is 46.4 Å². The van der Waals surface area contributed by atoms with Crippen LogP contribution in [0.4, 0.5) is 5.00 Å². The van der Waals surface area contributed by atoms with Crippen LogP contribution in [0.1, 0.15) is 45.6 Å². The van der Waals surface area contributed by atoms with Crippen molar-refractivity contribution in [3.63, 3.8) is 0 Å². The van der Waals surface area contributed by atoms with Gasteiger partial charge in [-0.2, -0.15) is 0 Å². The smallest absolute Gasteiger partial charge is 0.341 e. The summed E-state index contributed by atoms with van der Waals surface area (Å²) in [6.07, 6.45) is 2.43. The van der Waals surface area contributed by atoms with Gasteiger partial charge < -0.3 is 20.0 Å². The molecule has 6 nitrogen and oxygen atoms in total. The fraction of sp³-hybridized carbons (Fsp3) is 0.458. The number of carbonyl (C=O) groups excluding carboxylic acids is 3. The minimum absolute atomic E-state index is 0.00130. The summed E-state index contributed by atoms with van der Waals surface area (Å²) in [6, 6.07) is 6.03. The van der Waals surface area contributed by atoms with Gasteiger partial charge in [0.15, 0.2) is 0 Å². The van der Waals surface area contributed by atoms with Crippen LogP contribution in [-0.2, 0) is 14.3 Å². The molecule has 0 saturated heterocycles. The van der Waals surface area contributed by atoms with Crippen molar-refractivity contribution in [3.8, 4) is 11.1 Å². The lowest BCUT2D eigenvalue weighted by atomic mass is 9.78. The number of aryl methyl sites for hydroxylation is 3. The Morgan fingerprint density at radius 2 is 1.77 bits per heavy atom. The molecule has 2 bridgehead atoms. The zero-order valence-electron chi connectivity index (χ0n) is 18.1. The molecule has 0 radical (unpaired) electrons. The second kappa shape index (κ2) is 8.11. The zero-order valence-corrected chi connectivity index (χ0v) is 18.9. The predicted octanol–water partition coefficient (Wildman–Crippen LogP) is 3.48. The lowest BCUT2D eigenvalue weighted by Crippen LogP contribution is -2.44. The summed E-state index contributed by atoms with van der Waals surface area (Å²) >= 11 is 1.32. The van der Waals surface area contributed by atoms with Crippen LogP contribution < -0.4 is 10.4 Å². The fourth-order valence-corrected chi connectivity index (χ4v) is 6.52. The molecule has 1 aromatic carbocycles. The monoisotopic (exact) mass is 440 g/mol. The molecule has 2 aliphatic rings. The normalized spacial score (nSPS) is 24.3. The zero-order chi connectivity index (χ0) is 22.4. The number of esters is 1. The highest BCUT2D eigenvalue weighted by atomic mass is 32.1. The Bertz CT molecular complexity index is 1070. The van der Waals surface area contributed by atoms with Gasteiger partial charge in [0, 0.05) is 28.2 Å². The lowest BCUT2D eigenvalue weighted by Gasteiger charge is -2.30. The van der Waals surface area contributed by atoms with Crippen molar-refractivity contribution in [2.45, 2.75) is 40.0 Å². The van der Waals surface area contributed by atoms with Gasteiger partial charge in [0.1, 0.15) is 10.6 Å². The van der Waals surface area contributed by atoms with Gasteiger partial charge in [-0.15, -0.1) is 11.3 Å². The van der Waals surface area contributed by atoms with Gasteiger partial charge in [-0.1, -0.05) is 23.8 Å². The molecular weight excluding hydrogens is 414 g/mol. The predicted molar refractivity (Wildman–Crippen MR) is 117 cm³/mol. The van der Waals surface area contributed by atoms with Gasteiger partial charge in [0.25, 0.3) is 0 Å². The van der Waals surface area contributed by atoms with Gasteiger partial charge >= 0.3 is 5.97 Å². The molecular formula is C24H26NO5S-. The van der Waals surface area contributed by atoms with Gasteiger partial charge in [0.05, 0.1) is 7.11 Å². The number of methoxy groups -OCH3 is 1. The van der Waals surface area contributed by atoms with Crippen LogP contribution in [0.3, 0.4) is 0 Å². The Morgan fingerprint density at radius 3 is 2.42 bits per heavy atom. The topological polar surface area (TPSA) is 95.5 Å². The third-order valence-electron chi connectivity index (χ3n) is 6.86. The number of anilines is 1. The van der Waals surface area contributed by atoms with Crippen LogP contribution in [0.5, 0.6) is 0 Å². The summed E-state index contributed by atoms with van der Waals surface area (Å²) in [6.45, 7) is 5.87. The lowest BCUT2D eigenvalue weighted by molar-refractivity contribution is -0.314. The Kier molecular flexibility index (Phi) is 5.64. The first kappa shape index (κ1) is 21.6. The van der Waals surface area contributed by atoms with E-state index in [-0.39, 0.29) is 17.7 Å². The molecule has 2 fully saturated rings. The highest BCUT2D eigenvalue weighted by Crippen LogP contribution is 2.53. The molecule has 31 heavy (non-hydrogen) atoms. The number of carboxylic acid groups (broad SMARTS) is 1. The van der Waals surface area contributed by atoms with Crippen LogP contribution in [0.2, 0.25) is 0 Å². The summed E-state index contributed by atoms with van der Waals surface area (Å²) < 4.78 is 5.05. The fourth-order valence-electron chi connectivity index (χ4n) is 5.46. The van der Waals surface area contributed by atoms with Crippen molar-refractivity contribution in [1.82, 2.24) is 0 Å². The SMILES string of the molecule is COC(=O)c1c(NC(=O)[C@H]2[C@@H]3CC[C@@H](C3)[C@@H]2C(=O)[O-])sc(C)c1-c1cc(C)ccc1C. The Hall–Kier alpha value is -2.67. The number of nitrogens with one attached hydrogen (secondary N) is 1. The number of hydrogen-bond acceptors (Lipinski definition) is 6. The van der Waals surface area contributed by atoms with Gasteiger partial charge in [-0.25, -0.2) is 4.79 Å². The number of benzene rings is 1. The summed E-state index contributed by atoms with van der Waals surface area (Å²) in [5.74, 6) is -3.37. The molecule has 0 aliphatic heterocycles. The van der Waals surface area contributed by atoms with E-state index in [1.54, 1.807) is 0 Å². The number of thiophene rings is 1. The maximum atomic E-state index is 13.2.